The zero-order valence-corrected chi connectivity index (χ0v) is 12.7. The van der Waals surface area contributed by atoms with Crippen molar-refractivity contribution in [2.75, 3.05) is 4.90 Å². The highest BCUT2D eigenvalue weighted by molar-refractivity contribution is 7.80. The monoisotopic (exact) mass is 320 g/mol. The molecule has 0 radical (unpaired) electrons. The van der Waals surface area contributed by atoms with Crippen LogP contribution in [0.1, 0.15) is 12.8 Å². The second-order valence-electron chi connectivity index (χ2n) is 4.36. The molecule has 0 aliphatic carbocycles. The Morgan fingerprint density at radius 1 is 1.24 bits per heavy atom. The summed E-state index contributed by atoms with van der Waals surface area (Å²) in [5, 5.41) is 3.14. The van der Waals surface area contributed by atoms with Crippen LogP contribution in [0.15, 0.2) is 48.6 Å². The van der Waals surface area contributed by atoms with Crippen molar-refractivity contribution < 1.29 is 9.59 Å². The van der Waals surface area contributed by atoms with E-state index in [4.69, 9.17) is 23.8 Å². The molecular formula is C15H13ClN2O2S. The Labute approximate surface area is 133 Å². The SMILES string of the molecule is C=CCC/C=C1/C(=O)NC(=S)N(c2ccc(Cl)cc2)C1=O. The molecule has 108 valence electrons. The first-order valence-corrected chi connectivity index (χ1v) is 7.09. The third-order valence-corrected chi connectivity index (χ3v) is 3.44. The predicted molar refractivity (Wildman–Crippen MR) is 87.2 cm³/mol. The van der Waals surface area contributed by atoms with Gasteiger partial charge in [0.15, 0.2) is 5.11 Å². The average Bonchev–Trinajstić information content (AvgIpc) is 2.44. The largest absolute Gasteiger partial charge is 0.298 e. The first kappa shape index (κ1) is 15.4. The number of rotatable bonds is 4. The van der Waals surface area contributed by atoms with Gasteiger partial charge >= 0.3 is 0 Å². The van der Waals surface area contributed by atoms with E-state index in [1.165, 1.54) is 4.90 Å². The number of anilines is 1. The molecule has 0 spiro atoms. The molecule has 21 heavy (non-hydrogen) atoms. The van der Waals surface area contributed by atoms with E-state index in [9.17, 15) is 9.59 Å². The van der Waals surface area contributed by atoms with Crippen molar-refractivity contribution in [1.82, 2.24) is 5.32 Å². The van der Waals surface area contributed by atoms with Crippen LogP contribution in [0.2, 0.25) is 5.02 Å². The summed E-state index contributed by atoms with van der Waals surface area (Å²) in [6.45, 7) is 3.61. The Bertz CT molecular complexity index is 638. The van der Waals surface area contributed by atoms with E-state index in [1.807, 2.05) is 0 Å². The lowest BCUT2D eigenvalue weighted by molar-refractivity contribution is -0.122. The van der Waals surface area contributed by atoms with Gasteiger partial charge in [0.1, 0.15) is 5.57 Å². The average molecular weight is 321 g/mol. The molecule has 6 heteroatoms. The number of halogens is 1. The molecular weight excluding hydrogens is 308 g/mol. The predicted octanol–water partition coefficient (Wildman–Crippen LogP) is 2.98. The summed E-state index contributed by atoms with van der Waals surface area (Å²) >= 11 is 10.9. The molecule has 0 atom stereocenters. The standard InChI is InChI=1S/C15H13ClN2O2S/c1-2-3-4-5-12-13(19)17-15(21)18(14(12)20)11-8-6-10(16)7-9-11/h2,5-9H,1,3-4H2,(H,17,19,21)/b12-5-. The number of unbranched alkanes of at least 4 members (excludes halogenated alkanes) is 1. The minimum Gasteiger partial charge on any atom is -0.298 e. The van der Waals surface area contributed by atoms with Crippen molar-refractivity contribution in [1.29, 1.82) is 0 Å². The Morgan fingerprint density at radius 3 is 2.52 bits per heavy atom. The lowest BCUT2D eigenvalue weighted by Gasteiger charge is -2.28. The topological polar surface area (TPSA) is 49.4 Å². The number of amides is 2. The van der Waals surface area contributed by atoms with Crippen LogP contribution in [0.25, 0.3) is 0 Å². The van der Waals surface area contributed by atoms with Crippen molar-refractivity contribution >= 4 is 46.4 Å². The highest BCUT2D eigenvalue weighted by atomic mass is 35.5. The van der Waals surface area contributed by atoms with Gasteiger partial charge in [0.2, 0.25) is 0 Å². The molecule has 1 aromatic carbocycles. The molecule has 1 aliphatic heterocycles. The zero-order chi connectivity index (χ0) is 15.4. The van der Waals surface area contributed by atoms with Crippen LogP contribution in [-0.4, -0.2) is 16.9 Å². The van der Waals surface area contributed by atoms with Gasteiger partial charge in [-0.2, -0.15) is 0 Å². The highest BCUT2D eigenvalue weighted by Crippen LogP contribution is 2.22. The molecule has 1 N–H and O–H groups in total. The third-order valence-electron chi connectivity index (χ3n) is 2.91. The first-order valence-electron chi connectivity index (χ1n) is 6.31. The molecule has 0 unspecified atom stereocenters. The minimum absolute atomic E-state index is 0.0631. The maximum atomic E-state index is 12.5. The van der Waals surface area contributed by atoms with Crippen LogP contribution in [0.3, 0.4) is 0 Å². The van der Waals surface area contributed by atoms with Gasteiger partial charge in [-0.05, 0) is 49.3 Å². The normalized spacial score (nSPS) is 17.1. The number of hydrogen-bond donors (Lipinski definition) is 1. The lowest BCUT2D eigenvalue weighted by Crippen LogP contribution is -2.54. The van der Waals surface area contributed by atoms with Crippen LogP contribution in [0, 0.1) is 0 Å². The number of nitrogens with zero attached hydrogens (tertiary/aromatic N) is 1. The van der Waals surface area contributed by atoms with Gasteiger partial charge in [0.25, 0.3) is 11.8 Å². The molecule has 1 saturated heterocycles. The van der Waals surface area contributed by atoms with Gasteiger partial charge in [0.05, 0.1) is 5.69 Å². The molecule has 0 bridgehead atoms. The number of carbonyl (C=O) groups is 2. The van der Waals surface area contributed by atoms with Gasteiger partial charge in [-0.3, -0.25) is 19.8 Å². The van der Waals surface area contributed by atoms with Gasteiger partial charge in [-0.15, -0.1) is 6.58 Å². The summed E-state index contributed by atoms with van der Waals surface area (Å²) < 4.78 is 0. The Kier molecular flexibility index (Phi) is 4.88. The lowest BCUT2D eigenvalue weighted by atomic mass is 10.1. The maximum absolute atomic E-state index is 12.5. The van der Waals surface area contributed by atoms with Gasteiger partial charge in [-0.25, -0.2) is 0 Å². The fourth-order valence-electron chi connectivity index (χ4n) is 1.88. The smallest absolute Gasteiger partial charge is 0.269 e. The van der Waals surface area contributed by atoms with Crippen LogP contribution >= 0.6 is 23.8 Å². The van der Waals surface area contributed by atoms with Crippen LogP contribution in [0.5, 0.6) is 0 Å². The van der Waals surface area contributed by atoms with Gasteiger partial charge in [-0.1, -0.05) is 23.8 Å². The van der Waals surface area contributed by atoms with Crippen LogP contribution in [0.4, 0.5) is 5.69 Å². The molecule has 2 amide bonds. The summed E-state index contributed by atoms with van der Waals surface area (Å²) in [6.07, 6.45) is 4.59. The molecule has 1 aromatic rings. The second-order valence-corrected chi connectivity index (χ2v) is 5.18. The zero-order valence-electron chi connectivity index (χ0n) is 11.1. The fourth-order valence-corrected chi connectivity index (χ4v) is 2.29. The van der Waals surface area contributed by atoms with E-state index in [0.717, 1.165) is 0 Å². The van der Waals surface area contributed by atoms with Crippen LogP contribution in [-0.2, 0) is 9.59 Å². The fraction of sp³-hybridized carbons (Fsp3) is 0.133. The number of thiocarbonyl (C=S) groups is 1. The maximum Gasteiger partial charge on any atom is 0.269 e. The molecule has 0 aromatic heterocycles. The number of hydrogen-bond acceptors (Lipinski definition) is 3. The second kappa shape index (κ2) is 6.65. The van der Waals surface area contributed by atoms with E-state index in [1.54, 1.807) is 36.4 Å². The summed E-state index contributed by atoms with van der Waals surface area (Å²) in [6, 6.07) is 6.66. The number of benzene rings is 1. The molecule has 1 aliphatic rings. The van der Waals surface area contributed by atoms with E-state index >= 15 is 0 Å². The molecule has 0 saturated carbocycles. The minimum atomic E-state index is -0.473. The summed E-state index contributed by atoms with van der Waals surface area (Å²) in [5.74, 6) is -0.908. The molecule has 1 fully saturated rings. The van der Waals surface area contributed by atoms with E-state index in [-0.39, 0.29) is 10.7 Å². The third kappa shape index (κ3) is 3.37. The highest BCUT2D eigenvalue weighted by Gasteiger charge is 2.33. The van der Waals surface area contributed by atoms with Crippen LogP contribution < -0.4 is 10.2 Å². The first-order chi connectivity index (χ1) is 10.0. The quantitative estimate of drug-likeness (QED) is 0.305. The van der Waals surface area contributed by atoms with Crippen molar-refractivity contribution in [2.45, 2.75) is 12.8 Å². The summed E-state index contributed by atoms with van der Waals surface area (Å²) in [4.78, 5) is 25.6. The van der Waals surface area contributed by atoms with Gasteiger partial charge in [0, 0.05) is 5.02 Å². The van der Waals surface area contributed by atoms with E-state index in [0.29, 0.717) is 23.6 Å². The van der Waals surface area contributed by atoms with E-state index < -0.39 is 11.8 Å². The summed E-state index contributed by atoms with van der Waals surface area (Å²) in [5.41, 5.74) is 0.643. The molecule has 2 rings (SSSR count). The Morgan fingerprint density at radius 2 is 1.90 bits per heavy atom. The number of carbonyl (C=O) groups excluding carboxylic acids is 2. The Hall–Kier alpha value is -1.98. The molecule has 1 heterocycles. The number of allylic oxidation sites excluding steroid dienone is 2. The van der Waals surface area contributed by atoms with Crippen molar-refractivity contribution in [3.05, 3.63) is 53.6 Å². The van der Waals surface area contributed by atoms with Crippen molar-refractivity contribution in [3.8, 4) is 0 Å². The molecule has 4 nitrogen and oxygen atoms in total. The number of nitrogens with one attached hydrogen (secondary N) is 1. The van der Waals surface area contributed by atoms with Crippen molar-refractivity contribution in [2.24, 2.45) is 0 Å². The Balaban J connectivity index is 2.32. The summed E-state index contributed by atoms with van der Waals surface area (Å²) in [7, 11) is 0. The van der Waals surface area contributed by atoms with Crippen molar-refractivity contribution in [3.63, 3.8) is 0 Å². The van der Waals surface area contributed by atoms with Gasteiger partial charge < -0.3 is 0 Å². The van der Waals surface area contributed by atoms with E-state index in [2.05, 4.69) is 11.9 Å².